The number of rotatable bonds is 2. The van der Waals surface area contributed by atoms with Gasteiger partial charge in [0.1, 0.15) is 0 Å². The van der Waals surface area contributed by atoms with E-state index in [1.165, 1.54) is 11.3 Å². The molecule has 0 atom stereocenters. The minimum Gasteiger partial charge on any atom is -0.289 e. The first kappa shape index (κ1) is 13.3. The molecule has 0 saturated heterocycles. The number of hydrogen-bond donors (Lipinski definition) is 0. The third kappa shape index (κ3) is 2.13. The number of fused-ring (bicyclic) bond motifs is 2. The van der Waals surface area contributed by atoms with Crippen LogP contribution in [0.1, 0.15) is 22.8 Å². The van der Waals surface area contributed by atoms with Crippen LogP contribution in [0.4, 0.5) is 0 Å². The SMILES string of the molecule is CCc1ccc2sc3cc(C(=O)Cl)ccc3c(=O)c2c1. The van der Waals surface area contributed by atoms with Crippen molar-refractivity contribution < 1.29 is 4.79 Å². The van der Waals surface area contributed by atoms with E-state index in [0.717, 1.165) is 26.8 Å². The highest BCUT2D eigenvalue weighted by Crippen LogP contribution is 2.26. The Bertz CT molecular complexity index is 896. The zero-order valence-electron chi connectivity index (χ0n) is 10.8. The smallest absolute Gasteiger partial charge is 0.252 e. The standard InChI is InChI=1S/C16H11ClO2S/c1-2-9-3-6-13-12(7-9)15(18)11-5-4-10(16(17)19)8-14(11)20-13/h3-8H,2H2,1H3. The summed E-state index contributed by atoms with van der Waals surface area (Å²) in [6.07, 6.45) is 0.901. The summed E-state index contributed by atoms with van der Waals surface area (Å²) in [6, 6.07) is 10.9. The lowest BCUT2D eigenvalue weighted by Gasteiger charge is -2.04. The van der Waals surface area contributed by atoms with Gasteiger partial charge in [-0.2, -0.15) is 0 Å². The number of carbonyl (C=O) groups excluding carboxylic acids is 1. The van der Waals surface area contributed by atoms with Gasteiger partial charge in [-0.25, -0.2) is 0 Å². The van der Waals surface area contributed by atoms with Crippen LogP contribution in [0.5, 0.6) is 0 Å². The van der Waals surface area contributed by atoms with Crippen molar-refractivity contribution in [3.8, 4) is 0 Å². The van der Waals surface area contributed by atoms with Crippen LogP contribution in [0.3, 0.4) is 0 Å². The summed E-state index contributed by atoms with van der Waals surface area (Å²) < 4.78 is 1.72. The van der Waals surface area contributed by atoms with Gasteiger partial charge >= 0.3 is 0 Å². The topological polar surface area (TPSA) is 34.1 Å². The van der Waals surface area contributed by atoms with Crippen molar-refractivity contribution in [2.45, 2.75) is 13.3 Å². The van der Waals surface area contributed by atoms with Crippen LogP contribution in [-0.2, 0) is 6.42 Å². The Labute approximate surface area is 124 Å². The molecule has 0 aliphatic carbocycles. The molecule has 3 aromatic rings. The van der Waals surface area contributed by atoms with Crippen LogP contribution in [-0.4, -0.2) is 5.24 Å². The van der Waals surface area contributed by atoms with Gasteiger partial charge in [0, 0.05) is 25.7 Å². The van der Waals surface area contributed by atoms with Gasteiger partial charge in [-0.05, 0) is 53.9 Å². The molecule has 0 fully saturated rings. The molecule has 3 rings (SSSR count). The molecule has 2 aromatic carbocycles. The fourth-order valence-corrected chi connectivity index (χ4v) is 3.45. The molecule has 4 heteroatoms. The van der Waals surface area contributed by atoms with Crippen LogP contribution in [0, 0.1) is 0 Å². The molecule has 20 heavy (non-hydrogen) atoms. The van der Waals surface area contributed by atoms with E-state index in [1.54, 1.807) is 18.2 Å². The summed E-state index contributed by atoms with van der Waals surface area (Å²) in [6.45, 7) is 2.06. The minimum absolute atomic E-state index is 0.0117. The molecule has 0 saturated carbocycles. The number of carbonyl (C=O) groups is 1. The first-order valence-electron chi connectivity index (χ1n) is 6.29. The summed E-state index contributed by atoms with van der Waals surface area (Å²) in [5.41, 5.74) is 1.57. The Morgan fingerprint density at radius 3 is 2.60 bits per heavy atom. The molecule has 0 spiro atoms. The van der Waals surface area contributed by atoms with Crippen LogP contribution in [0.2, 0.25) is 0 Å². The third-order valence-electron chi connectivity index (χ3n) is 3.37. The first-order valence-corrected chi connectivity index (χ1v) is 7.49. The van der Waals surface area contributed by atoms with Crippen LogP contribution >= 0.6 is 22.9 Å². The molecular weight excluding hydrogens is 292 g/mol. The average Bonchev–Trinajstić information content (AvgIpc) is 2.46. The Hall–Kier alpha value is -1.71. The van der Waals surface area contributed by atoms with Gasteiger partial charge in [-0.1, -0.05) is 13.0 Å². The van der Waals surface area contributed by atoms with Crippen LogP contribution in [0.25, 0.3) is 20.2 Å². The second-order valence-corrected chi connectivity index (χ2v) is 6.03. The number of hydrogen-bond acceptors (Lipinski definition) is 3. The second kappa shape index (κ2) is 5.00. The summed E-state index contributed by atoms with van der Waals surface area (Å²) in [4.78, 5) is 23.7. The van der Waals surface area contributed by atoms with Crippen molar-refractivity contribution in [2.24, 2.45) is 0 Å². The number of aryl methyl sites for hydroxylation is 1. The highest BCUT2D eigenvalue weighted by molar-refractivity contribution is 7.24. The Morgan fingerprint density at radius 1 is 1.10 bits per heavy atom. The van der Waals surface area contributed by atoms with Gasteiger partial charge < -0.3 is 0 Å². The van der Waals surface area contributed by atoms with Crippen LogP contribution in [0.15, 0.2) is 41.2 Å². The zero-order chi connectivity index (χ0) is 14.3. The van der Waals surface area contributed by atoms with Crippen molar-refractivity contribution >= 4 is 48.4 Å². The molecule has 0 amide bonds. The van der Waals surface area contributed by atoms with E-state index < -0.39 is 5.24 Å². The maximum atomic E-state index is 12.5. The molecule has 100 valence electrons. The molecule has 0 radical (unpaired) electrons. The van der Waals surface area contributed by atoms with E-state index >= 15 is 0 Å². The molecular formula is C16H11ClO2S. The van der Waals surface area contributed by atoms with Gasteiger partial charge in [0.15, 0.2) is 5.43 Å². The highest BCUT2D eigenvalue weighted by atomic mass is 35.5. The molecule has 0 bridgehead atoms. The van der Waals surface area contributed by atoms with E-state index in [4.69, 9.17) is 11.6 Å². The predicted molar refractivity (Wildman–Crippen MR) is 85.2 cm³/mol. The lowest BCUT2D eigenvalue weighted by atomic mass is 10.1. The monoisotopic (exact) mass is 302 g/mol. The molecule has 2 nitrogen and oxygen atoms in total. The van der Waals surface area contributed by atoms with Gasteiger partial charge in [-0.3, -0.25) is 9.59 Å². The lowest BCUT2D eigenvalue weighted by Crippen LogP contribution is -2.02. The van der Waals surface area contributed by atoms with E-state index in [9.17, 15) is 9.59 Å². The normalized spacial score (nSPS) is 11.1. The number of halogens is 1. The summed E-state index contributed by atoms with van der Waals surface area (Å²) in [5.74, 6) is 0. The third-order valence-corrected chi connectivity index (χ3v) is 4.72. The summed E-state index contributed by atoms with van der Waals surface area (Å²) in [5, 5.41) is 0.872. The largest absolute Gasteiger partial charge is 0.289 e. The molecule has 0 unspecified atom stereocenters. The fraction of sp³-hybridized carbons (Fsp3) is 0.125. The highest BCUT2D eigenvalue weighted by Gasteiger charge is 2.09. The van der Waals surface area contributed by atoms with Gasteiger partial charge in [0.05, 0.1) is 0 Å². The number of benzene rings is 2. The average molecular weight is 303 g/mol. The molecule has 0 N–H and O–H groups in total. The van der Waals surface area contributed by atoms with Crippen molar-refractivity contribution in [1.29, 1.82) is 0 Å². The lowest BCUT2D eigenvalue weighted by molar-refractivity contribution is 0.108. The van der Waals surface area contributed by atoms with Crippen molar-refractivity contribution in [2.75, 3.05) is 0 Å². The van der Waals surface area contributed by atoms with Crippen molar-refractivity contribution in [1.82, 2.24) is 0 Å². The molecule has 0 aliphatic rings. The Morgan fingerprint density at radius 2 is 1.90 bits per heavy atom. The van der Waals surface area contributed by atoms with E-state index in [-0.39, 0.29) is 5.43 Å². The predicted octanol–water partition coefficient (Wildman–Crippen LogP) is 4.36. The van der Waals surface area contributed by atoms with Crippen molar-refractivity contribution in [3.05, 3.63) is 57.7 Å². The van der Waals surface area contributed by atoms with Gasteiger partial charge in [0.25, 0.3) is 5.24 Å². The quantitative estimate of drug-likeness (QED) is 0.521. The Balaban J connectivity index is 2.40. The Kier molecular flexibility index (Phi) is 3.32. The fourth-order valence-electron chi connectivity index (χ4n) is 2.24. The molecule has 1 aromatic heterocycles. The second-order valence-electron chi connectivity index (χ2n) is 4.60. The molecule has 0 aliphatic heterocycles. The summed E-state index contributed by atoms with van der Waals surface area (Å²) >= 11 is 6.99. The summed E-state index contributed by atoms with van der Waals surface area (Å²) in [7, 11) is 0. The maximum absolute atomic E-state index is 12.5. The molecule has 1 heterocycles. The first-order chi connectivity index (χ1) is 9.60. The van der Waals surface area contributed by atoms with E-state index in [0.29, 0.717) is 10.9 Å². The van der Waals surface area contributed by atoms with E-state index in [1.807, 2.05) is 18.2 Å². The van der Waals surface area contributed by atoms with Crippen LogP contribution < -0.4 is 5.43 Å². The minimum atomic E-state index is -0.507. The maximum Gasteiger partial charge on any atom is 0.252 e. The zero-order valence-corrected chi connectivity index (χ0v) is 12.3. The van der Waals surface area contributed by atoms with Gasteiger partial charge in [-0.15, -0.1) is 11.3 Å². The van der Waals surface area contributed by atoms with E-state index in [2.05, 4.69) is 6.92 Å². The van der Waals surface area contributed by atoms with Gasteiger partial charge in [0.2, 0.25) is 0 Å². The van der Waals surface area contributed by atoms with Crippen molar-refractivity contribution in [3.63, 3.8) is 0 Å².